The van der Waals surface area contributed by atoms with Gasteiger partial charge in [0, 0.05) is 45.3 Å². The summed E-state index contributed by atoms with van der Waals surface area (Å²) >= 11 is 0. The van der Waals surface area contributed by atoms with E-state index in [1.54, 1.807) is 6.92 Å². The van der Waals surface area contributed by atoms with Crippen LogP contribution in [0.1, 0.15) is 32.0 Å². The number of nitrogens with one attached hydrogen (secondary N) is 2. The zero-order valence-electron chi connectivity index (χ0n) is 40.4. The van der Waals surface area contributed by atoms with E-state index >= 15 is 0 Å². The molecule has 5 unspecified atom stereocenters. The topological polar surface area (TPSA) is 521 Å². The number of aliphatic hydroxyl groups excluding tert-OH is 3. The number of carbonyl (C=O) groups is 1. The normalized spacial score (nSPS) is 29.8. The van der Waals surface area contributed by atoms with Crippen LogP contribution in [0.5, 0.6) is 0 Å². The molecule has 3 saturated heterocycles. The molecule has 5 aromatic rings. The van der Waals surface area contributed by atoms with Gasteiger partial charge < -0.3 is 79.3 Å². The maximum Gasteiger partial charge on any atom is 0.490 e. The number of imidazole rings is 2. The van der Waals surface area contributed by atoms with Crippen molar-refractivity contribution in [3.8, 4) is 0 Å². The number of rotatable bonds is 21. The maximum atomic E-state index is 14.2. The maximum absolute atomic E-state index is 14.2. The summed E-state index contributed by atoms with van der Waals surface area (Å²) in [5, 5.41) is 33.0. The lowest BCUT2D eigenvalue weighted by Crippen LogP contribution is -2.45. The predicted octanol–water partition coefficient (Wildman–Crippen LogP) is -4.32. The minimum absolute atomic E-state index is 0.0107. The zero-order chi connectivity index (χ0) is 56.3. The number of nitrogens with zero attached hydrogens (tertiary/aromatic N) is 9. The molecular formula is C36H51N13O24P4. The van der Waals surface area contributed by atoms with Crippen molar-refractivity contribution in [1.82, 2.24) is 48.5 Å². The van der Waals surface area contributed by atoms with Gasteiger partial charge in [-0.25, -0.2) is 38.0 Å². The molecule has 8 rings (SSSR count). The predicted molar refractivity (Wildman–Crippen MR) is 250 cm³/mol. The molecule has 0 radical (unpaired) electrons. The number of fused-ring (bicyclic) bond motifs is 2. The third-order valence-electron chi connectivity index (χ3n) is 12.6. The molecule has 1 amide bonds. The summed E-state index contributed by atoms with van der Waals surface area (Å²) in [6.07, 6.45) is -13.0. The van der Waals surface area contributed by atoms with E-state index < -0.39 is 153 Å². The highest BCUT2D eigenvalue weighted by Gasteiger charge is 2.55. The molecule has 37 nitrogen and oxygen atoms in total. The fourth-order valence-corrected chi connectivity index (χ4v) is 14.1. The number of aryl methyl sites for hydroxylation is 1. The van der Waals surface area contributed by atoms with E-state index in [2.05, 4.69) is 33.5 Å². The first-order valence-corrected chi connectivity index (χ1v) is 28.6. The number of aliphatic hydroxyl groups is 3. The molecule has 0 aliphatic carbocycles. The highest BCUT2D eigenvalue weighted by Crippen LogP contribution is 2.68. The second-order valence-electron chi connectivity index (χ2n) is 17.5. The first-order chi connectivity index (χ1) is 36.1. The van der Waals surface area contributed by atoms with Crippen LogP contribution in [-0.4, -0.2) is 173 Å². The fraction of sp³-hybridized carbons (Fsp3) is 0.583. The van der Waals surface area contributed by atoms with E-state index in [4.69, 9.17) is 44.0 Å². The lowest BCUT2D eigenvalue weighted by Gasteiger charge is -2.35. The second kappa shape index (κ2) is 22.2. The van der Waals surface area contributed by atoms with Crippen molar-refractivity contribution in [2.24, 2.45) is 13.0 Å². The van der Waals surface area contributed by atoms with Crippen LogP contribution in [0.2, 0.25) is 0 Å². The molecule has 16 atom stereocenters. The van der Waals surface area contributed by atoms with Crippen LogP contribution in [0.3, 0.4) is 0 Å². The van der Waals surface area contributed by atoms with Crippen LogP contribution in [0.4, 0.5) is 11.8 Å². The van der Waals surface area contributed by atoms with E-state index in [1.807, 2.05) is 4.98 Å². The Morgan fingerprint density at radius 2 is 1.52 bits per heavy atom. The van der Waals surface area contributed by atoms with Crippen LogP contribution in [0, 0.1) is 5.92 Å². The summed E-state index contributed by atoms with van der Waals surface area (Å²) in [6, 6.07) is 0.913. The molecule has 3 fully saturated rings. The number of nitrogens with two attached hydrogens (primary N) is 2. The van der Waals surface area contributed by atoms with Gasteiger partial charge in [-0.3, -0.25) is 47.1 Å². The molecule has 424 valence electrons. The third-order valence-corrected chi connectivity index (χ3v) is 18.7. The number of nitrogen functional groups attached to an aromatic ring is 2. The van der Waals surface area contributed by atoms with Crippen LogP contribution >= 0.6 is 31.1 Å². The summed E-state index contributed by atoms with van der Waals surface area (Å²) in [5.41, 5.74) is 6.96. The average molecular weight is 1170 g/mol. The van der Waals surface area contributed by atoms with E-state index in [9.17, 15) is 72.3 Å². The Morgan fingerprint density at radius 3 is 2.17 bits per heavy atom. The Labute approximate surface area is 430 Å². The molecule has 0 bridgehead atoms. The Bertz CT molecular complexity index is 3410. The quantitative estimate of drug-likeness (QED) is 0.0245. The van der Waals surface area contributed by atoms with Gasteiger partial charge in [0.15, 0.2) is 30.2 Å². The first kappa shape index (κ1) is 58.1. The van der Waals surface area contributed by atoms with Crippen molar-refractivity contribution in [3.05, 3.63) is 62.4 Å². The van der Waals surface area contributed by atoms with E-state index in [1.165, 1.54) is 34.5 Å². The molecule has 12 N–H and O–H groups in total. The highest BCUT2D eigenvalue weighted by atomic mass is 31.3. The number of phosphoric ester groups is 2. The Kier molecular flexibility index (Phi) is 16.8. The number of phosphoric acid groups is 3. The molecule has 3 aliphatic rings. The number of aromatic nitrogens is 10. The van der Waals surface area contributed by atoms with Crippen molar-refractivity contribution in [1.29, 1.82) is 0 Å². The van der Waals surface area contributed by atoms with E-state index in [0.29, 0.717) is 4.57 Å². The number of ether oxygens (including phenoxy) is 4. The number of hydrogen-bond donors (Lipinski definition) is 10. The van der Waals surface area contributed by atoms with Gasteiger partial charge in [0.1, 0.15) is 50.0 Å². The van der Waals surface area contributed by atoms with Gasteiger partial charge in [-0.1, -0.05) is 4.98 Å². The molecule has 0 aromatic carbocycles. The van der Waals surface area contributed by atoms with Gasteiger partial charge in [0.25, 0.3) is 17.1 Å². The number of H-pyrrole nitrogens is 2. The summed E-state index contributed by atoms with van der Waals surface area (Å²) in [4.78, 5) is 118. The van der Waals surface area contributed by atoms with Crippen LogP contribution in [0.25, 0.3) is 22.3 Å². The summed E-state index contributed by atoms with van der Waals surface area (Å²) in [7, 11) is -19.8. The zero-order valence-corrected chi connectivity index (χ0v) is 43.9. The molecule has 8 heterocycles. The van der Waals surface area contributed by atoms with Crippen LogP contribution in [0.15, 0.2) is 45.6 Å². The molecule has 77 heavy (non-hydrogen) atoms. The van der Waals surface area contributed by atoms with Crippen molar-refractivity contribution >= 4 is 71.1 Å². The minimum Gasteiger partial charge on any atom is -0.778 e. The Morgan fingerprint density at radius 1 is 0.870 bits per heavy atom. The largest absolute Gasteiger partial charge is 0.778 e. The number of anilines is 2. The highest BCUT2D eigenvalue weighted by molar-refractivity contribution is 7.66. The van der Waals surface area contributed by atoms with Gasteiger partial charge in [-0.2, -0.15) is 8.62 Å². The number of aromatic amines is 2. The van der Waals surface area contributed by atoms with Crippen molar-refractivity contribution in [2.45, 2.75) is 80.4 Å². The third kappa shape index (κ3) is 12.1. The molecule has 3 aliphatic heterocycles. The molecule has 41 heteroatoms. The summed E-state index contributed by atoms with van der Waals surface area (Å²) in [5.74, 6) is -2.19. The molecular weight excluding hydrogens is 1120 g/mol. The number of methoxy groups -OCH3 is 1. The SMILES string of the molecule is CCN(C)C(=O)C[C@@H]1[C@@H](COP(=O)(O)OP(=O)(O)OP(=O)(O)OC[C@H]2O[C@@H](n3cnc4c(N)ncnc43)[C@H](OC)[C@@H]2P(=O)([O-])OC[C@H]2O[C@@H](n3ccc(=O)[nH]c3=O)[C@H](O)[C@@H]2O)OC([n+]2cn(C)c3c(=O)[nH]c(N)nc32)[C@@H]1O. The van der Waals surface area contributed by atoms with Crippen molar-refractivity contribution < 1.29 is 104 Å². The summed E-state index contributed by atoms with van der Waals surface area (Å²) < 4.78 is 105. The van der Waals surface area contributed by atoms with E-state index in [-0.39, 0.29) is 40.6 Å². The first-order valence-electron chi connectivity index (χ1n) is 22.5. The smallest absolute Gasteiger partial charge is 0.490 e. The van der Waals surface area contributed by atoms with Crippen molar-refractivity contribution in [3.63, 3.8) is 0 Å². The van der Waals surface area contributed by atoms with Gasteiger partial charge in [0.05, 0.1) is 51.1 Å². The summed E-state index contributed by atoms with van der Waals surface area (Å²) in [6.45, 7) is -1.60. The monoisotopic (exact) mass is 1170 g/mol. The lowest BCUT2D eigenvalue weighted by atomic mass is 9.94. The fourth-order valence-electron chi connectivity index (χ4n) is 8.85. The van der Waals surface area contributed by atoms with Crippen molar-refractivity contribution in [2.75, 3.05) is 52.0 Å². The number of carbonyl (C=O) groups excluding carboxylic acids is 1. The standard InChI is InChI=1S/C36H51N13O24P4/c1-5-45(2)20(51)8-15-16(69-32(23(15)52)49-14-46(3)22-30(49)43-35(38)44-31(22)55)9-67-75(59,60)72-77(63,64)73-76(61,62)68-11-18-27(26(65-4)34(71-18)48-13-41-21-28(37)39-12-40-29(21)48)74(57,58)66-10-17-24(53)25(54)33(70-17)47-7-6-19(50)42-36(47)56/h6-7,12-18,23-27,32-34,52-54H,5,8-11H2,1-4H3,(H9-,37,38,39,40,42,43,44,50,55,56,57,58,59,60,61,62,63,64)/t15-,16-,17-,18-,23-,24-,25-,26-,27-,32?,33-,34-/m1/s1. The van der Waals surface area contributed by atoms with Gasteiger partial charge in [0.2, 0.25) is 17.7 Å². The molecule has 0 saturated carbocycles. The van der Waals surface area contributed by atoms with Crippen LogP contribution in [-0.2, 0) is 71.2 Å². The second-order valence-corrected chi connectivity index (χ2v) is 24.1. The number of hydrogen-bond acceptors (Lipinski definition) is 27. The number of amides is 1. The van der Waals surface area contributed by atoms with Gasteiger partial charge in [-0.05, 0) is 6.92 Å². The molecule has 5 aromatic heterocycles. The average Bonchev–Trinajstić information content (AvgIpc) is 4.16. The van der Waals surface area contributed by atoms with Gasteiger partial charge in [-0.15, -0.1) is 0 Å². The Balaban J connectivity index is 0.971. The lowest BCUT2D eigenvalue weighted by molar-refractivity contribution is -0.745. The molecule has 0 spiro atoms. The van der Waals surface area contributed by atoms with Gasteiger partial charge >= 0.3 is 34.8 Å². The van der Waals surface area contributed by atoms with E-state index in [0.717, 1.165) is 36.6 Å². The minimum atomic E-state index is -6.26. The van der Waals surface area contributed by atoms with Crippen LogP contribution < -0.4 is 37.7 Å². The Hall–Kier alpha value is -5.07.